The summed E-state index contributed by atoms with van der Waals surface area (Å²) in [6.45, 7) is 0. The maximum atomic E-state index is 13.9. The van der Waals surface area contributed by atoms with E-state index in [1.54, 1.807) is 16.8 Å². The molecule has 1 unspecified atom stereocenters. The Hall–Kier alpha value is -3.59. The third kappa shape index (κ3) is 5.39. The fourth-order valence-corrected chi connectivity index (χ4v) is 7.09. The maximum absolute atomic E-state index is 13.9. The monoisotopic (exact) mass is 558 g/mol. The molecular formula is C31H34N4O4S. The number of hydrogen-bond acceptors (Lipinski definition) is 6. The van der Waals surface area contributed by atoms with E-state index in [4.69, 9.17) is 4.98 Å². The SMILES string of the molecule is CN1C(=O)CCc2ncc(-c3ccccc3-c3csc(N(C(=O)C(CC(=O)O)CC4CCCC4)C4CC4)n3)cc21. The molecule has 1 aromatic carbocycles. The molecule has 0 spiro atoms. The summed E-state index contributed by atoms with van der Waals surface area (Å²) in [5.74, 6) is -1.04. The van der Waals surface area contributed by atoms with Gasteiger partial charge in [-0.25, -0.2) is 4.98 Å². The molecule has 0 bridgehead atoms. The van der Waals surface area contributed by atoms with E-state index in [0.717, 1.165) is 72.3 Å². The minimum absolute atomic E-state index is 0.0829. The van der Waals surface area contributed by atoms with Crippen LogP contribution < -0.4 is 9.80 Å². The summed E-state index contributed by atoms with van der Waals surface area (Å²) in [6.07, 6.45) is 9.76. The minimum atomic E-state index is -0.924. The van der Waals surface area contributed by atoms with Gasteiger partial charge in [0.2, 0.25) is 11.8 Å². The van der Waals surface area contributed by atoms with Crippen molar-refractivity contribution in [3.8, 4) is 22.4 Å². The van der Waals surface area contributed by atoms with Crippen molar-refractivity contribution in [2.45, 2.75) is 70.3 Å². The highest BCUT2D eigenvalue weighted by Crippen LogP contribution is 2.41. The summed E-state index contributed by atoms with van der Waals surface area (Å²) >= 11 is 1.43. The molecule has 0 radical (unpaired) electrons. The van der Waals surface area contributed by atoms with Crippen molar-refractivity contribution in [2.24, 2.45) is 11.8 Å². The molecule has 3 aromatic rings. The van der Waals surface area contributed by atoms with E-state index in [0.29, 0.717) is 30.3 Å². The Morgan fingerprint density at radius 2 is 1.88 bits per heavy atom. The number of fused-ring (bicyclic) bond motifs is 1. The van der Waals surface area contributed by atoms with Gasteiger partial charge in [0, 0.05) is 54.6 Å². The Morgan fingerprint density at radius 1 is 1.12 bits per heavy atom. The van der Waals surface area contributed by atoms with Crippen LogP contribution in [0.25, 0.3) is 22.4 Å². The minimum Gasteiger partial charge on any atom is -0.481 e. The molecule has 2 aromatic heterocycles. The summed E-state index contributed by atoms with van der Waals surface area (Å²) in [5.41, 5.74) is 5.30. The molecular weight excluding hydrogens is 524 g/mol. The van der Waals surface area contributed by atoms with Crippen molar-refractivity contribution in [3.05, 3.63) is 47.6 Å². The number of aryl methyl sites for hydroxylation is 1. The number of carboxylic acids is 1. The van der Waals surface area contributed by atoms with E-state index >= 15 is 0 Å². The molecule has 0 saturated heterocycles. The quantitative estimate of drug-likeness (QED) is 0.348. The number of rotatable bonds is 9. The molecule has 6 rings (SSSR count). The molecule has 3 heterocycles. The van der Waals surface area contributed by atoms with Gasteiger partial charge in [-0.05, 0) is 36.8 Å². The maximum Gasteiger partial charge on any atom is 0.304 e. The van der Waals surface area contributed by atoms with Crippen LogP contribution in [0.3, 0.4) is 0 Å². The second kappa shape index (κ2) is 11.1. The van der Waals surface area contributed by atoms with E-state index < -0.39 is 11.9 Å². The lowest BCUT2D eigenvalue weighted by molar-refractivity contribution is -0.141. The van der Waals surface area contributed by atoms with E-state index in [2.05, 4.69) is 4.98 Å². The van der Waals surface area contributed by atoms with Crippen LogP contribution in [-0.4, -0.2) is 45.9 Å². The standard InChI is InChI=1S/C31H34N4O4S/c1-34-27-15-21(17-32-25(27)12-13-28(34)36)23-8-4-5-9-24(23)26-18-40-31(33-26)35(22-10-11-22)30(39)20(16-29(37)38)14-19-6-2-3-7-19/h4-5,8-9,15,17-20,22H,2-3,6-7,10-14,16H2,1H3,(H,37,38). The third-order valence-electron chi connectivity index (χ3n) is 8.48. The fourth-order valence-electron chi connectivity index (χ4n) is 6.19. The van der Waals surface area contributed by atoms with Crippen molar-refractivity contribution < 1.29 is 19.5 Å². The van der Waals surface area contributed by atoms with Crippen LogP contribution in [0.5, 0.6) is 0 Å². The molecule has 3 aliphatic rings. The summed E-state index contributed by atoms with van der Waals surface area (Å²) in [6, 6.07) is 10.1. The smallest absolute Gasteiger partial charge is 0.304 e. The average molecular weight is 559 g/mol. The van der Waals surface area contributed by atoms with Crippen LogP contribution in [-0.2, 0) is 20.8 Å². The van der Waals surface area contributed by atoms with E-state index in [1.807, 2.05) is 41.9 Å². The van der Waals surface area contributed by atoms with Crippen LogP contribution in [0.4, 0.5) is 10.8 Å². The molecule has 9 heteroatoms. The first-order valence-corrected chi connectivity index (χ1v) is 15.1. The number of carbonyl (C=O) groups is 3. The number of anilines is 2. The highest BCUT2D eigenvalue weighted by Gasteiger charge is 2.40. The van der Waals surface area contributed by atoms with E-state index in [9.17, 15) is 19.5 Å². The largest absolute Gasteiger partial charge is 0.481 e. The summed E-state index contributed by atoms with van der Waals surface area (Å²) in [4.78, 5) is 51.0. The zero-order chi connectivity index (χ0) is 27.8. The molecule has 40 heavy (non-hydrogen) atoms. The van der Waals surface area contributed by atoms with Crippen LogP contribution in [0, 0.1) is 11.8 Å². The second-order valence-corrected chi connectivity index (χ2v) is 12.2. The molecule has 1 aliphatic heterocycles. The van der Waals surface area contributed by atoms with Crippen LogP contribution >= 0.6 is 11.3 Å². The van der Waals surface area contributed by atoms with E-state index in [1.165, 1.54) is 11.3 Å². The first kappa shape index (κ1) is 26.6. The van der Waals surface area contributed by atoms with Gasteiger partial charge in [0.1, 0.15) is 0 Å². The molecule has 2 aliphatic carbocycles. The van der Waals surface area contributed by atoms with Gasteiger partial charge in [0.05, 0.1) is 23.5 Å². The van der Waals surface area contributed by atoms with Gasteiger partial charge < -0.3 is 10.0 Å². The number of hydrogen-bond donors (Lipinski definition) is 1. The molecule has 1 atom stereocenters. The second-order valence-electron chi connectivity index (χ2n) is 11.3. The Balaban J connectivity index is 1.30. The lowest BCUT2D eigenvalue weighted by atomic mass is 9.90. The van der Waals surface area contributed by atoms with Gasteiger partial charge in [-0.1, -0.05) is 49.9 Å². The number of aromatic nitrogens is 2. The van der Waals surface area contributed by atoms with Gasteiger partial charge in [0.15, 0.2) is 5.13 Å². The molecule has 2 fully saturated rings. The lowest BCUT2D eigenvalue weighted by Gasteiger charge is -2.26. The number of amides is 2. The zero-order valence-electron chi connectivity index (χ0n) is 22.7. The Bertz CT molecular complexity index is 1440. The Labute approximate surface area is 238 Å². The Morgan fingerprint density at radius 3 is 2.60 bits per heavy atom. The third-order valence-corrected chi connectivity index (χ3v) is 9.32. The predicted octanol–water partition coefficient (Wildman–Crippen LogP) is 5.95. The van der Waals surface area contributed by atoms with Gasteiger partial charge in [-0.15, -0.1) is 11.3 Å². The number of pyridine rings is 1. The first-order chi connectivity index (χ1) is 19.4. The van der Waals surface area contributed by atoms with Crippen LogP contribution in [0.15, 0.2) is 41.9 Å². The van der Waals surface area contributed by atoms with Crippen molar-refractivity contribution >= 4 is 39.9 Å². The van der Waals surface area contributed by atoms with Crippen LogP contribution in [0.2, 0.25) is 0 Å². The number of benzene rings is 1. The molecule has 1 N–H and O–H groups in total. The number of nitrogens with zero attached hydrogens (tertiary/aromatic N) is 4. The Kier molecular flexibility index (Phi) is 7.40. The van der Waals surface area contributed by atoms with Crippen molar-refractivity contribution in [2.75, 3.05) is 16.8 Å². The summed E-state index contributed by atoms with van der Waals surface area (Å²) in [7, 11) is 1.79. The van der Waals surface area contributed by atoms with Crippen LogP contribution in [0.1, 0.15) is 63.5 Å². The number of thiazole rings is 1. The first-order valence-electron chi connectivity index (χ1n) is 14.2. The summed E-state index contributed by atoms with van der Waals surface area (Å²) < 4.78 is 0. The van der Waals surface area contributed by atoms with Gasteiger partial charge >= 0.3 is 5.97 Å². The van der Waals surface area contributed by atoms with Crippen molar-refractivity contribution in [1.29, 1.82) is 0 Å². The normalized spacial score (nSPS) is 18.0. The topological polar surface area (TPSA) is 104 Å². The number of carbonyl (C=O) groups excluding carboxylic acids is 2. The lowest BCUT2D eigenvalue weighted by Crippen LogP contribution is -2.39. The molecule has 2 saturated carbocycles. The summed E-state index contributed by atoms with van der Waals surface area (Å²) in [5, 5.41) is 12.2. The van der Waals surface area contributed by atoms with Gasteiger partial charge in [-0.3, -0.25) is 24.3 Å². The van der Waals surface area contributed by atoms with Crippen molar-refractivity contribution in [3.63, 3.8) is 0 Å². The van der Waals surface area contributed by atoms with Crippen molar-refractivity contribution in [1.82, 2.24) is 9.97 Å². The average Bonchev–Trinajstić information content (AvgIpc) is 3.42. The van der Waals surface area contributed by atoms with Gasteiger partial charge in [-0.2, -0.15) is 0 Å². The number of carboxylic acid groups (broad SMARTS) is 1. The fraction of sp³-hybridized carbons (Fsp3) is 0.452. The van der Waals surface area contributed by atoms with E-state index in [-0.39, 0.29) is 24.3 Å². The molecule has 208 valence electrons. The molecule has 2 amide bonds. The highest BCUT2D eigenvalue weighted by molar-refractivity contribution is 7.14. The zero-order valence-corrected chi connectivity index (χ0v) is 23.5. The van der Waals surface area contributed by atoms with Gasteiger partial charge in [0.25, 0.3) is 0 Å². The predicted molar refractivity (Wildman–Crippen MR) is 155 cm³/mol. The molecule has 8 nitrogen and oxygen atoms in total. The highest BCUT2D eigenvalue weighted by atomic mass is 32.1. The number of aliphatic carboxylic acids is 1.